The van der Waals surface area contributed by atoms with Crippen molar-refractivity contribution in [3.05, 3.63) is 37.0 Å². The van der Waals surface area contributed by atoms with Gasteiger partial charge in [-0.25, -0.2) is 0 Å². The summed E-state index contributed by atoms with van der Waals surface area (Å²) in [5.41, 5.74) is 0. The van der Waals surface area contributed by atoms with Gasteiger partial charge in [0.15, 0.2) is 0 Å². The number of allylic oxidation sites excluding steroid dienone is 2. The Labute approximate surface area is 75.0 Å². The third-order valence-electron chi connectivity index (χ3n) is 0.712. The van der Waals surface area contributed by atoms with Gasteiger partial charge in [-0.15, -0.1) is 0 Å². The molecule has 0 bridgehead atoms. The first-order valence-corrected chi connectivity index (χ1v) is 3.82. The quantitative estimate of drug-likeness (QED) is 0.357. The van der Waals surface area contributed by atoms with Crippen LogP contribution in [0.4, 0.5) is 0 Å². The molecule has 0 aromatic heterocycles. The number of hydrogen-bond acceptors (Lipinski definition) is 2. The van der Waals surface area contributed by atoms with Gasteiger partial charge in [0.05, 0.1) is 12.0 Å². The maximum Gasteiger partial charge on any atom is 0.144 e. The molecule has 0 aromatic carbocycles. The van der Waals surface area contributed by atoms with E-state index in [2.05, 4.69) is 24.9 Å². The number of hydrogen-bond donors (Lipinski definition) is 0. The first-order valence-electron chi connectivity index (χ1n) is 3.82. The van der Waals surface area contributed by atoms with E-state index in [4.69, 9.17) is 4.74 Å². The lowest BCUT2D eigenvalue weighted by molar-refractivity contribution is 0.323. The third-order valence-corrected chi connectivity index (χ3v) is 0.712. The van der Waals surface area contributed by atoms with Crippen LogP contribution in [-0.4, -0.2) is 6.72 Å². The summed E-state index contributed by atoms with van der Waals surface area (Å²) in [6, 6.07) is 0. The molecule has 0 heterocycles. The number of aliphatic imine (C=N–C) groups is 1. The number of nitrogens with zero attached hydrogens (tertiary/aromatic N) is 1. The van der Waals surface area contributed by atoms with Gasteiger partial charge >= 0.3 is 0 Å². The molecule has 0 atom stereocenters. The van der Waals surface area contributed by atoms with E-state index in [1.165, 1.54) is 6.20 Å². The molecule has 0 amide bonds. The normalized spacial score (nSPS) is 9.08. The lowest BCUT2D eigenvalue weighted by Crippen LogP contribution is -1.83. The molecule has 0 saturated carbocycles. The van der Waals surface area contributed by atoms with Crippen LogP contribution in [0.5, 0.6) is 0 Å². The standard InChI is InChI=1S/C8H11NO.C2H6/c1-5-8(6-9-4)10-7(2)3;1-2/h5-6H,1-2,4H2,3H3;1-2H3/b8-6+;. The Kier molecular flexibility index (Phi) is 10.7. The average molecular weight is 167 g/mol. The van der Waals surface area contributed by atoms with Crippen LogP contribution >= 0.6 is 0 Å². The van der Waals surface area contributed by atoms with Gasteiger partial charge < -0.3 is 4.74 Å². The van der Waals surface area contributed by atoms with Gasteiger partial charge in [0.1, 0.15) is 5.76 Å². The maximum atomic E-state index is 5.05. The van der Waals surface area contributed by atoms with Gasteiger partial charge in [0.2, 0.25) is 0 Å². The van der Waals surface area contributed by atoms with Crippen molar-refractivity contribution < 1.29 is 4.74 Å². The molecule has 0 N–H and O–H groups in total. The number of ether oxygens (including phenoxy) is 1. The second-order valence-corrected chi connectivity index (χ2v) is 1.72. The molecular formula is C10H17NO. The van der Waals surface area contributed by atoms with Crippen molar-refractivity contribution in [1.29, 1.82) is 0 Å². The Morgan fingerprint density at radius 1 is 1.42 bits per heavy atom. The predicted octanol–water partition coefficient (Wildman–Crippen LogP) is 3.29. The SMILES string of the molecule is C=C/C(=C\N=C)OC(=C)C.CC. The highest BCUT2D eigenvalue weighted by Gasteiger charge is 1.89. The minimum Gasteiger partial charge on any atom is -0.461 e. The average Bonchev–Trinajstić information content (AvgIpc) is 2.07. The van der Waals surface area contributed by atoms with Crippen LogP contribution in [0.1, 0.15) is 20.8 Å². The van der Waals surface area contributed by atoms with E-state index in [1.54, 1.807) is 13.0 Å². The summed E-state index contributed by atoms with van der Waals surface area (Å²) in [7, 11) is 0. The smallest absolute Gasteiger partial charge is 0.144 e. The van der Waals surface area contributed by atoms with Gasteiger partial charge in [-0.05, 0) is 19.7 Å². The summed E-state index contributed by atoms with van der Waals surface area (Å²) in [6.07, 6.45) is 3.02. The summed E-state index contributed by atoms with van der Waals surface area (Å²) in [5, 5.41) is 0. The van der Waals surface area contributed by atoms with Crippen LogP contribution in [0.15, 0.2) is 41.9 Å². The lowest BCUT2D eigenvalue weighted by atomic mass is 10.5. The second-order valence-electron chi connectivity index (χ2n) is 1.72. The van der Waals surface area contributed by atoms with E-state index in [1.807, 2.05) is 13.8 Å². The van der Waals surface area contributed by atoms with E-state index in [-0.39, 0.29) is 0 Å². The summed E-state index contributed by atoms with van der Waals surface area (Å²) < 4.78 is 5.05. The molecule has 2 nitrogen and oxygen atoms in total. The summed E-state index contributed by atoms with van der Waals surface area (Å²) >= 11 is 0. The van der Waals surface area contributed by atoms with Gasteiger partial charge in [-0.3, -0.25) is 4.99 Å². The minimum atomic E-state index is 0.558. The molecule has 0 rings (SSSR count). The first-order chi connectivity index (χ1) is 5.70. The highest BCUT2D eigenvalue weighted by atomic mass is 16.5. The molecule has 0 unspecified atom stereocenters. The van der Waals surface area contributed by atoms with Crippen LogP contribution in [0, 0.1) is 0 Å². The van der Waals surface area contributed by atoms with Gasteiger partial charge in [0, 0.05) is 0 Å². The zero-order valence-corrected chi connectivity index (χ0v) is 8.13. The topological polar surface area (TPSA) is 21.6 Å². The third kappa shape index (κ3) is 8.69. The van der Waals surface area contributed by atoms with E-state index in [9.17, 15) is 0 Å². The summed E-state index contributed by atoms with van der Waals surface area (Å²) in [5.74, 6) is 1.16. The molecule has 0 fully saturated rings. The van der Waals surface area contributed by atoms with Gasteiger partial charge in [0.25, 0.3) is 0 Å². The molecule has 0 aliphatic heterocycles. The van der Waals surface area contributed by atoms with Crippen molar-refractivity contribution in [2.24, 2.45) is 4.99 Å². The molecule has 0 spiro atoms. The monoisotopic (exact) mass is 167 g/mol. The fourth-order valence-electron chi connectivity index (χ4n) is 0.412. The van der Waals surface area contributed by atoms with E-state index in [0.717, 1.165) is 0 Å². The van der Waals surface area contributed by atoms with E-state index >= 15 is 0 Å². The molecule has 12 heavy (non-hydrogen) atoms. The van der Waals surface area contributed by atoms with Crippen LogP contribution < -0.4 is 0 Å². The van der Waals surface area contributed by atoms with Crippen molar-refractivity contribution in [1.82, 2.24) is 0 Å². The van der Waals surface area contributed by atoms with Gasteiger partial charge in [-0.2, -0.15) is 0 Å². The zero-order valence-electron chi connectivity index (χ0n) is 8.13. The van der Waals surface area contributed by atoms with Gasteiger partial charge in [-0.1, -0.05) is 27.0 Å². The lowest BCUT2D eigenvalue weighted by Gasteiger charge is -2.01. The molecule has 2 heteroatoms. The van der Waals surface area contributed by atoms with Crippen molar-refractivity contribution in [3.63, 3.8) is 0 Å². The Morgan fingerprint density at radius 3 is 2.17 bits per heavy atom. The molecule has 0 radical (unpaired) electrons. The Morgan fingerprint density at radius 2 is 1.92 bits per heavy atom. The maximum absolute atomic E-state index is 5.05. The fourth-order valence-corrected chi connectivity index (χ4v) is 0.412. The first kappa shape index (κ1) is 13.3. The van der Waals surface area contributed by atoms with Crippen LogP contribution in [0.25, 0.3) is 0 Å². The Bertz CT molecular complexity index is 180. The molecular weight excluding hydrogens is 150 g/mol. The summed E-state index contributed by atoms with van der Waals surface area (Å²) in [6.45, 7) is 16.1. The van der Waals surface area contributed by atoms with Crippen LogP contribution in [0.3, 0.4) is 0 Å². The molecule has 0 aromatic rings. The molecule has 0 saturated heterocycles. The Balaban J connectivity index is 0. The second kappa shape index (κ2) is 9.69. The van der Waals surface area contributed by atoms with Crippen molar-refractivity contribution in [2.75, 3.05) is 0 Å². The Hall–Kier alpha value is -1.31. The zero-order chi connectivity index (χ0) is 9.98. The largest absolute Gasteiger partial charge is 0.461 e. The highest BCUT2D eigenvalue weighted by Crippen LogP contribution is 2.03. The highest BCUT2D eigenvalue weighted by molar-refractivity contribution is 5.27. The molecule has 0 aliphatic carbocycles. The molecule has 0 aliphatic rings. The number of rotatable bonds is 4. The van der Waals surface area contributed by atoms with E-state index in [0.29, 0.717) is 11.5 Å². The minimum absolute atomic E-state index is 0.558. The molecule has 68 valence electrons. The van der Waals surface area contributed by atoms with Crippen molar-refractivity contribution in [3.8, 4) is 0 Å². The van der Waals surface area contributed by atoms with Crippen molar-refractivity contribution in [2.45, 2.75) is 20.8 Å². The summed E-state index contributed by atoms with van der Waals surface area (Å²) in [4.78, 5) is 3.51. The van der Waals surface area contributed by atoms with Crippen molar-refractivity contribution >= 4 is 6.72 Å². The van der Waals surface area contributed by atoms with Crippen LogP contribution in [0.2, 0.25) is 0 Å². The predicted molar refractivity (Wildman–Crippen MR) is 55.1 cm³/mol. The fraction of sp³-hybridized carbons (Fsp3) is 0.300. The van der Waals surface area contributed by atoms with Crippen LogP contribution in [-0.2, 0) is 4.74 Å². The van der Waals surface area contributed by atoms with E-state index < -0.39 is 0 Å².